The van der Waals surface area contributed by atoms with Crippen LogP contribution in [0.5, 0.6) is 0 Å². The highest BCUT2D eigenvalue weighted by molar-refractivity contribution is 7.11. The molecule has 2 aliphatic rings. The molecule has 0 aliphatic heterocycles. The molecule has 3 nitrogen and oxygen atoms in total. The summed E-state index contributed by atoms with van der Waals surface area (Å²) in [4.78, 5) is 5.79. The van der Waals surface area contributed by atoms with Crippen molar-refractivity contribution in [3.8, 4) is 0 Å². The van der Waals surface area contributed by atoms with Crippen LogP contribution in [0.3, 0.4) is 0 Å². The van der Waals surface area contributed by atoms with Gasteiger partial charge in [-0.25, -0.2) is 4.98 Å². The molecule has 1 heterocycles. The third-order valence-electron chi connectivity index (χ3n) is 4.77. The summed E-state index contributed by atoms with van der Waals surface area (Å²) < 4.78 is 0. The summed E-state index contributed by atoms with van der Waals surface area (Å²) in [6.45, 7) is 1.41. The van der Waals surface area contributed by atoms with Crippen LogP contribution < -0.4 is 5.32 Å². The molecule has 2 aliphatic carbocycles. The van der Waals surface area contributed by atoms with E-state index >= 15 is 0 Å². The molecule has 4 heteroatoms. The highest BCUT2D eigenvalue weighted by atomic mass is 32.1. The van der Waals surface area contributed by atoms with Crippen molar-refractivity contribution in [1.29, 1.82) is 0 Å². The summed E-state index contributed by atoms with van der Waals surface area (Å²) in [6, 6.07) is 8.31. The van der Waals surface area contributed by atoms with Gasteiger partial charge in [-0.3, -0.25) is 0 Å². The number of hydrogen-bond donors (Lipinski definition) is 2. The number of nitrogens with one attached hydrogen (secondary N) is 1. The highest BCUT2D eigenvalue weighted by Gasteiger charge is 2.33. The summed E-state index contributed by atoms with van der Waals surface area (Å²) in [6.07, 6.45) is 7.57. The lowest BCUT2D eigenvalue weighted by Crippen LogP contribution is -2.40. The van der Waals surface area contributed by atoms with E-state index in [1.807, 2.05) is 23.6 Å². The van der Waals surface area contributed by atoms with Crippen molar-refractivity contribution in [2.24, 2.45) is 0 Å². The Morgan fingerprint density at radius 3 is 3.05 bits per heavy atom. The number of nitrogens with zero attached hydrogens (tertiary/aromatic N) is 1. The zero-order valence-electron chi connectivity index (χ0n) is 12.7. The Morgan fingerprint density at radius 2 is 2.18 bits per heavy atom. The van der Waals surface area contributed by atoms with E-state index in [0.717, 1.165) is 37.3 Å². The number of benzene rings is 1. The number of fused-ring (bicyclic) bond motifs is 1. The first-order valence-electron chi connectivity index (χ1n) is 8.21. The number of aryl methyl sites for hydroxylation is 1. The first-order valence-corrected chi connectivity index (χ1v) is 9.02. The summed E-state index contributed by atoms with van der Waals surface area (Å²) in [7, 11) is 0. The van der Waals surface area contributed by atoms with E-state index in [1.54, 1.807) is 0 Å². The number of aromatic nitrogens is 1. The van der Waals surface area contributed by atoms with Gasteiger partial charge in [-0.1, -0.05) is 24.3 Å². The van der Waals surface area contributed by atoms with Gasteiger partial charge in [0.1, 0.15) is 5.60 Å². The maximum atomic E-state index is 11.0. The van der Waals surface area contributed by atoms with Crippen molar-refractivity contribution < 1.29 is 5.11 Å². The highest BCUT2D eigenvalue weighted by Crippen LogP contribution is 2.41. The van der Waals surface area contributed by atoms with Crippen molar-refractivity contribution in [2.75, 3.05) is 6.54 Å². The van der Waals surface area contributed by atoms with E-state index in [0.29, 0.717) is 6.54 Å². The predicted molar refractivity (Wildman–Crippen MR) is 89.1 cm³/mol. The number of thiazole rings is 1. The molecular formula is C18H22N2OS. The molecule has 116 valence electrons. The normalized spacial score (nSPS) is 24.2. The van der Waals surface area contributed by atoms with Gasteiger partial charge in [0.2, 0.25) is 0 Å². The van der Waals surface area contributed by atoms with Gasteiger partial charge in [-0.15, -0.1) is 11.3 Å². The van der Waals surface area contributed by atoms with Crippen LogP contribution in [0.1, 0.15) is 52.6 Å². The third kappa shape index (κ3) is 2.83. The largest absolute Gasteiger partial charge is 0.384 e. The van der Waals surface area contributed by atoms with Gasteiger partial charge in [0.15, 0.2) is 0 Å². The molecule has 1 saturated carbocycles. The molecular weight excluding hydrogens is 292 g/mol. The van der Waals surface area contributed by atoms with Crippen LogP contribution in [-0.2, 0) is 18.6 Å². The van der Waals surface area contributed by atoms with Gasteiger partial charge in [-0.05, 0) is 43.2 Å². The van der Waals surface area contributed by atoms with Gasteiger partial charge >= 0.3 is 0 Å². The van der Waals surface area contributed by atoms with Crippen LogP contribution >= 0.6 is 11.3 Å². The Bertz CT molecular complexity index is 665. The second-order valence-electron chi connectivity index (χ2n) is 6.58. The van der Waals surface area contributed by atoms with Gasteiger partial charge in [0.05, 0.1) is 5.01 Å². The average molecular weight is 314 g/mol. The van der Waals surface area contributed by atoms with Crippen molar-refractivity contribution in [2.45, 2.75) is 50.2 Å². The molecule has 1 atom stereocenters. The standard InChI is InChI=1S/C18H22N2OS/c21-18(9-3-5-13-4-1-2-6-16(13)18)12-19-10-15-11-20-17(22-15)14-7-8-14/h1-2,4,6,11,14,19,21H,3,5,7-10,12H2. The fourth-order valence-electron chi connectivity index (χ4n) is 3.40. The Balaban J connectivity index is 1.40. The van der Waals surface area contributed by atoms with Gasteiger partial charge in [-0.2, -0.15) is 0 Å². The minimum Gasteiger partial charge on any atom is -0.384 e. The van der Waals surface area contributed by atoms with Crippen LogP contribution in [-0.4, -0.2) is 16.6 Å². The molecule has 2 N–H and O–H groups in total. The molecule has 1 aromatic heterocycles. The third-order valence-corrected chi connectivity index (χ3v) is 5.93. The first kappa shape index (κ1) is 14.4. The van der Waals surface area contributed by atoms with Crippen LogP contribution in [0.4, 0.5) is 0 Å². The second-order valence-corrected chi connectivity index (χ2v) is 7.73. The molecule has 4 rings (SSSR count). The molecule has 0 bridgehead atoms. The zero-order valence-corrected chi connectivity index (χ0v) is 13.5. The molecule has 0 saturated heterocycles. The SMILES string of the molecule is OC1(CNCc2cnc(C3CC3)s2)CCCc2ccccc21. The molecule has 0 radical (unpaired) electrons. The minimum absolute atomic E-state index is 0.612. The van der Waals surface area contributed by atoms with Crippen molar-refractivity contribution in [3.63, 3.8) is 0 Å². The molecule has 22 heavy (non-hydrogen) atoms. The minimum atomic E-state index is -0.723. The van der Waals surface area contributed by atoms with E-state index in [2.05, 4.69) is 28.5 Å². The molecule has 1 fully saturated rings. The summed E-state index contributed by atoms with van der Waals surface area (Å²) in [5.41, 5.74) is 1.68. The van der Waals surface area contributed by atoms with Crippen molar-refractivity contribution >= 4 is 11.3 Å². The topological polar surface area (TPSA) is 45.1 Å². The van der Waals surface area contributed by atoms with Crippen LogP contribution in [0.2, 0.25) is 0 Å². The quantitative estimate of drug-likeness (QED) is 0.890. The summed E-state index contributed by atoms with van der Waals surface area (Å²) in [5.74, 6) is 0.730. The molecule has 0 spiro atoms. The zero-order chi connectivity index (χ0) is 15.0. The molecule has 2 aromatic rings. The van der Waals surface area contributed by atoms with Crippen molar-refractivity contribution in [1.82, 2.24) is 10.3 Å². The monoisotopic (exact) mass is 314 g/mol. The Kier molecular flexibility index (Phi) is 3.76. The smallest absolute Gasteiger partial charge is 0.102 e. The number of rotatable bonds is 5. The lowest BCUT2D eigenvalue weighted by Gasteiger charge is -2.34. The lowest BCUT2D eigenvalue weighted by molar-refractivity contribution is 0.0190. The van der Waals surface area contributed by atoms with E-state index in [1.165, 1.54) is 28.3 Å². The van der Waals surface area contributed by atoms with Gasteiger partial charge in [0, 0.05) is 30.1 Å². The molecule has 1 unspecified atom stereocenters. The summed E-state index contributed by atoms with van der Waals surface area (Å²) >= 11 is 1.82. The number of aliphatic hydroxyl groups is 1. The van der Waals surface area contributed by atoms with Gasteiger partial charge in [0.25, 0.3) is 0 Å². The van der Waals surface area contributed by atoms with Gasteiger partial charge < -0.3 is 10.4 Å². The van der Waals surface area contributed by atoms with E-state index in [4.69, 9.17) is 0 Å². The fourth-order valence-corrected chi connectivity index (χ4v) is 4.45. The molecule has 0 amide bonds. The second kappa shape index (κ2) is 5.76. The maximum absolute atomic E-state index is 11.0. The predicted octanol–water partition coefficient (Wildman–Crippen LogP) is 3.33. The molecule has 1 aromatic carbocycles. The Hall–Kier alpha value is -1.23. The Morgan fingerprint density at radius 1 is 1.32 bits per heavy atom. The first-order chi connectivity index (χ1) is 10.7. The van der Waals surface area contributed by atoms with E-state index in [-0.39, 0.29) is 0 Å². The van der Waals surface area contributed by atoms with Crippen LogP contribution in [0, 0.1) is 0 Å². The van der Waals surface area contributed by atoms with Crippen LogP contribution in [0.15, 0.2) is 30.5 Å². The summed E-state index contributed by atoms with van der Waals surface area (Å²) in [5, 5.41) is 15.8. The van der Waals surface area contributed by atoms with Crippen LogP contribution in [0.25, 0.3) is 0 Å². The van der Waals surface area contributed by atoms with Crippen molar-refractivity contribution in [3.05, 3.63) is 51.5 Å². The fraction of sp³-hybridized carbons (Fsp3) is 0.500. The maximum Gasteiger partial charge on any atom is 0.102 e. The number of hydrogen-bond acceptors (Lipinski definition) is 4. The average Bonchev–Trinajstić information content (AvgIpc) is 3.28. The van der Waals surface area contributed by atoms with E-state index < -0.39 is 5.60 Å². The van der Waals surface area contributed by atoms with E-state index in [9.17, 15) is 5.11 Å². The Labute approximate surface area is 135 Å². The lowest BCUT2D eigenvalue weighted by atomic mass is 9.79.